The van der Waals surface area contributed by atoms with E-state index in [4.69, 9.17) is 0 Å². The third kappa shape index (κ3) is 1.78. The molecule has 0 spiro atoms. The third-order valence-corrected chi connectivity index (χ3v) is 2.48. The lowest BCUT2D eigenvalue weighted by molar-refractivity contribution is -0.120. The molecule has 0 saturated carbocycles. The summed E-state index contributed by atoms with van der Waals surface area (Å²) in [5, 5.41) is 5.75. The van der Waals surface area contributed by atoms with Gasteiger partial charge in [-0.05, 0) is 13.8 Å². The quantitative estimate of drug-likeness (QED) is 0.757. The van der Waals surface area contributed by atoms with Crippen LogP contribution in [0.1, 0.15) is 25.6 Å². The minimum absolute atomic E-state index is 0.0811. The second kappa shape index (κ2) is 4.34. The number of aromatic nitrogens is 2. The monoisotopic (exact) mass is 221 g/mol. The highest BCUT2D eigenvalue weighted by molar-refractivity contribution is 6.06. The van der Waals surface area contributed by atoms with Crippen LogP contribution in [0.3, 0.4) is 0 Å². The highest BCUT2D eigenvalue weighted by Crippen LogP contribution is 2.15. The maximum absolute atomic E-state index is 11.7. The summed E-state index contributed by atoms with van der Waals surface area (Å²) < 4.78 is 1.94. The third-order valence-electron chi connectivity index (χ3n) is 2.48. The van der Waals surface area contributed by atoms with E-state index in [0.717, 1.165) is 12.2 Å². The molecule has 1 saturated heterocycles. The zero-order chi connectivity index (χ0) is 11.5. The normalized spacial score (nSPS) is 22.2. The minimum atomic E-state index is -0.382. The van der Waals surface area contributed by atoms with Gasteiger partial charge in [0, 0.05) is 13.1 Å². The number of hydrogen-bond donors (Lipinski definition) is 2. The van der Waals surface area contributed by atoms with Gasteiger partial charge in [0.25, 0.3) is 5.91 Å². The highest BCUT2D eigenvalue weighted by atomic mass is 16.2. The van der Waals surface area contributed by atoms with Gasteiger partial charge in [0.1, 0.15) is 0 Å². The Hall–Kier alpha value is -1.85. The number of aliphatic imine (C=N–C) groups is 1. The first-order valence-corrected chi connectivity index (χ1v) is 5.38. The van der Waals surface area contributed by atoms with E-state index < -0.39 is 0 Å². The number of hydrogen-bond acceptors (Lipinski definition) is 3. The molecule has 86 valence electrons. The van der Waals surface area contributed by atoms with Crippen molar-refractivity contribution in [3.63, 3.8) is 0 Å². The van der Waals surface area contributed by atoms with Crippen LogP contribution in [0.25, 0.3) is 0 Å². The van der Waals surface area contributed by atoms with E-state index in [1.807, 2.05) is 18.4 Å². The number of carbonyl (C=O) groups is 1. The maximum atomic E-state index is 11.7. The molecular weight excluding hydrogens is 206 g/mol. The Morgan fingerprint density at radius 3 is 3.06 bits per heavy atom. The molecule has 6 heteroatoms. The lowest BCUT2D eigenvalue weighted by Crippen LogP contribution is -2.25. The van der Waals surface area contributed by atoms with Crippen molar-refractivity contribution in [1.29, 1.82) is 0 Å². The van der Waals surface area contributed by atoms with Gasteiger partial charge in [0.2, 0.25) is 0 Å². The molecule has 1 aliphatic heterocycles. The number of imidazole rings is 1. The van der Waals surface area contributed by atoms with Crippen molar-refractivity contribution in [2.24, 2.45) is 4.99 Å². The first-order chi connectivity index (χ1) is 7.76. The fourth-order valence-corrected chi connectivity index (χ4v) is 1.71. The zero-order valence-corrected chi connectivity index (χ0v) is 9.40. The van der Waals surface area contributed by atoms with Crippen molar-refractivity contribution in [2.45, 2.75) is 26.4 Å². The molecule has 1 aliphatic rings. The Balaban J connectivity index is 2.23. The van der Waals surface area contributed by atoms with Crippen molar-refractivity contribution in [2.75, 3.05) is 6.54 Å². The zero-order valence-electron chi connectivity index (χ0n) is 9.40. The van der Waals surface area contributed by atoms with Crippen LogP contribution in [0.4, 0.5) is 0 Å². The topological polar surface area (TPSA) is 71.3 Å². The van der Waals surface area contributed by atoms with Gasteiger partial charge in [-0.25, -0.2) is 4.98 Å². The fraction of sp³-hybridized carbons (Fsp3) is 0.500. The van der Waals surface area contributed by atoms with E-state index in [9.17, 15) is 4.79 Å². The van der Waals surface area contributed by atoms with Gasteiger partial charge in [-0.15, -0.1) is 0 Å². The fourth-order valence-electron chi connectivity index (χ4n) is 1.71. The van der Waals surface area contributed by atoms with Crippen molar-refractivity contribution >= 4 is 11.9 Å². The average Bonchev–Trinajstić information content (AvgIpc) is 2.84. The highest BCUT2D eigenvalue weighted by Gasteiger charge is 2.31. The van der Waals surface area contributed by atoms with Crippen molar-refractivity contribution in [1.82, 2.24) is 20.2 Å². The van der Waals surface area contributed by atoms with E-state index in [0.29, 0.717) is 12.5 Å². The number of nitrogens with one attached hydrogen (secondary N) is 2. The molecule has 0 aliphatic carbocycles. The molecule has 6 nitrogen and oxygen atoms in total. The maximum Gasteiger partial charge on any atom is 0.255 e. The van der Waals surface area contributed by atoms with Crippen LogP contribution < -0.4 is 10.6 Å². The molecule has 2 rings (SSSR count). The Labute approximate surface area is 93.8 Å². The number of aryl methyl sites for hydroxylation is 1. The second-order valence-electron chi connectivity index (χ2n) is 3.49. The van der Waals surface area contributed by atoms with Crippen LogP contribution in [0.2, 0.25) is 0 Å². The molecule has 1 fully saturated rings. The largest absolute Gasteiger partial charge is 0.339 e. The van der Waals surface area contributed by atoms with Crippen molar-refractivity contribution < 1.29 is 4.79 Å². The number of guanidine groups is 1. The molecule has 1 aromatic rings. The van der Waals surface area contributed by atoms with Crippen LogP contribution >= 0.6 is 0 Å². The Morgan fingerprint density at radius 1 is 1.56 bits per heavy atom. The Kier molecular flexibility index (Phi) is 2.89. The lowest BCUT2D eigenvalue weighted by atomic mass is 10.2. The first-order valence-electron chi connectivity index (χ1n) is 5.38. The lowest BCUT2D eigenvalue weighted by Gasteiger charge is -2.09. The predicted molar refractivity (Wildman–Crippen MR) is 59.9 cm³/mol. The van der Waals surface area contributed by atoms with Gasteiger partial charge in [-0.3, -0.25) is 15.1 Å². The molecule has 0 radical (unpaired) electrons. The van der Waals surface area contributed by atoms with E-state index in [-0.39, 0.29) is 11.9 Å². The number of nitrogens with zero attached hydrogens (tertiary/aromatic N) is 3. The summed E-state index contributed by atoms with van der Waals surface area (Å²) in [4.78, 5) is 19.9. The van der Waals surface area contributed by atoms with E-state index in [2.05, 4.69) is 20.6 Å². The SMILES string of the molecule is CCN=C1NC(=O)C(c2cncn2CC)N1. The summed E-state index contributed by atoms with van der Waals surface area (Å²) in [5.41, 5.74) is 0.862. The van der Waals surface area contributed by atoms with Gasteiger partial charge in [-0.1, -0.05) is 0 Å². The van der Waals surface area contributed by atoms with E-state index in [1.165, 1.54) is 0 Å². The summed E-state index contributed by atoms with van der Waals surface area (Å²) in [5.74, 6) is 0.462. The first kappa shape index (κ1) is 10.7. The second-order valence-corrected chi connectivity index (χ2v) is 3.49. The molecule has 1 atom stereocenters. The van der Waals surface area contributed by atoms with Gasteiger partial charge < -0.3 is 9.88 Å². The van der Waals surface area contributed by atoms with Crippen LogP contribution in [-0.4, -0.2) is 28.0 Å². The van der Waals surface area contributed by atoms with Crippen LogP contribution in [0, 0.1) is 0 Å². The number of amides is 1. The molecule has 1 unspecified atom stereocenters. The average molecular weight is 221 g/mol. The predicted octanol–water partition coefficient (Wildman–Crippen LogP) is 0.0394. The Bertz CT molecular complexity index is 423. The van der Waals surface area contributed by atoms with Gasteiger partial charge in [0.15, 0.2) is 12.0 Å². The molecule has 1 aromatic heterocycles. The molecule has 0 aromatic carbocycles. The molecule has 16 heavy (non-hydrogen) atoms. The molecular formula is C10H15N5O. The van der Waals surface area contributed by atoms with E-state index in [1.54, 1.807) is 12.5 Å². The van der Waals surface area contributed by atoms with Crippen molar-refractivity contribution in [3.05, 3.63) is 18.2 Å². The van der Waals surface area contributed by atoms with Crippen LogP contribution in [-0.2, 0) is 11.3 Å². The van der Waals surface area contributed by atoms with Crippen LogP contribution in [0.15, 0.2) is 17.5 Å². The molecule has 1 amide bonds. The number of carbonyl (C=O) groups excluding carboxylic acids is 1. The molecule has 2 N–H and O–H groups in total. The van der Waals surface area contributed by atoms with Gasteiger partial charge in [-0.2, -0.15) is 0 Å². The summed E-state index contributed by atoms with van der Waals surface area (Å²) in [7, 11) is 0. The molecule has 0 bridgehead atoms. The van der Waals surface area contributed by atoms with Gasteiger partial charge >= 0.3 is 0 Å². The summed E-state index contributed by atoms with van der Waals surface area (Å²) in [6.07, 6.45) is 3.43. The standard InChI is InChI=1S/C10H15N5O/c1-3-12-10-13-8(9(16)14-10)7-5-11-6-15(7)4-2/h5-6,8H,3-4H2,1-2H3,(H2,12,13,14,16). The summed E-state index contributed by atoms with van der Waals surface area (Å²) in [6, 6.07) is -0.382. The number of rotatable bonds is 3. The Morgan fingerprint density at radius 2 is 2.38 bits per heavy atom. The van der Waals surface area contributed by atoms with Gasteiger partial charge in [0.05, 0.1) is 18.2 Å². The van der Waals surface area contributed by atoms with E-state index >= 15 is 0 Å². The van der Waals surface area contributed by atoms with Crippen molar-refractivity contribution in [3.8, 4) is 0 Å². The minimum Gasteiger partial charge on any atom is -0.339 e. The summed E-state index contributed by atoms with van der Waals surface area (Å²) in [6.45, 7) is 5.37. The molecule has 2 heterocycles. The van der Waals surface area contributed by atoms with Crippen LogP contribution in [0.5, 0.6) is 0 Å². The smallest absolute Gasteiger partial charge is 0.255 e. The summed E-state index contributed by atoms with van der Waals surface area (Å²) >= 11 is 0.